The zero-order chi connectivity index (χ0) is 15.8. The van der Waals surface area contributed by atoms with E-state index in [1.54, 1.807) is 12.1 Å². The van der Waals surface area contributed by atoms with E-state index in [0.29, 0.717) is 5.92 Å². The number of alkyl halides is 1. The Hall–Kier alpha value is -0.630. The van der Waals surface area contributed by atoms with Crippen LogP contribution in [0.15, 0.2) is 29.2 Å². The van der Waals surface area contributed by atoms with Crippen molar-refractivity contribution in [3.05, 3.63) is 29.8 Å². The lowest BCUT2D eigenvalue weighted by atomic mass is 10.0. The number of hydrogen-bond acceptors (Lipinski definition) is 4. The molecule has 8 heteroatoms. The van der Waals surface area contributed by atoms with Crippen LogP contribution in [-0.4, -0.2) is 39.8 Å². The summed E-state index contributed by atoms with van der Waals surface area (Å²) in [5.41, 5.74) is 1.03. The Labute approximate surface area is 130 Å². The topological polar surface area (TPSA) is 80.3 Å². The Morgan fingerprint density at radius 3 is 2.19 bits per heavy atom. The van der Waals surface area contributed by atoms with Gasteiger partial charge in [0.1, 0.15) is 0 Å². The van der Waals surface area contributed by atoms with Crippen LogP contribution in [0.3, 0.4) is 0 Å². The second-order valence-corrected chi connectivity index (χ2v) is 9.97. The molecule has 0 radical (unpaired) electrons. The highest BCUT2D eigenvalue weighted by Gasteiger charge is 2.38. The molecule has 0 aliphatic carbocycles. The van der Waals surface area contributed by atoms with Crippen molar-refractivity contribution in [1.29, 1.82) is 0 Å². The molecule has 1 aromatic carbocycles. The number of nitrogens with one attached hydrogen (secondary N) is 1. The van der Waals surface area contributed by atoms with Crippen molar-refractivity contribution >= 4 is 31.5 Å². The molecule has 0 spiro atoms. The third-order valence-corrected chi connectivity index (χ3v) is 7.33. The average Bonchev–Trinajstić information content (AvgIpc) is 2.61. The van der Waals surface area contributed by atoms with Gasteiger partial charge >= 0.3 is 0 Å². The molecule has 0 unspecified atom stereocenters. The molecule has 1 aromatic rings. The SMILES string of the molecule is CC(C)c1ccc(S(=O)(=O)N[C@H]2CS(=O)(=O)C[C@@H]2Cl)cc1. The Morgan fingerprint density at radius 1 is 1.19 bits per heavy atom. The molecule has 2 atom stereocenters. The molecule has 2 rings (SSSR count). The molecule has 1 aliphatic heterocycles. The Balaban J connectivity index is 2.19. The fraction of sp³-hybridized carbons (Fsp3) is 0.538. The molecule has 21 heavy (non-hydrogen) atoms. The van der Waals surface area contributed by atoms with Crippen LogP contribution in [0.25, 0.3) is 0 Å². The maximum atomic E-state index is 12.3. The zero-order valence-electron chi connectivity index (χ0n) is 11.8. The van der Waals surface area contributed by atoms with E-state index in [1.165, 1.54) is 12.1 Å². The molecule has 1 heterocycles. The number of sulfone groups is 1. The number of sulfonamides is 1. The molecular weight excluding hydrogens is 334 g/mol. The first-order valence-corrected chi connectivity index (χ1v) is 10.3. The molecule has 5 nitrogen and oxygen atoms in total. The number of hydrogen-bond donors (Lipinski definition) is 1. The van der Waals surface area contributed by atoms with Crippen molar-refractivity contribution in [1.82, 2.24) is 4.72 Å². The van der Waals surface area contributed by atoms with Gasteiger partial charge in [0.25, 0.3) is 0 Å². The van der Waals surface area contributed by atoms with Gasteiger partial charge in [-0.3, -0.25) is 0 Å². The molecule has 0 saturated carbocycles. The molecule has 0 amide bonds. The minimum atomic E-state index is -3.77. The predicted molar refractivity (Wildman–Crippen MR) is 82.9 cm³/mol. The first-order valence-electron chi connectivity index (χ1n) is 6.57. The van der Waals surface area contributed by atoms with Gasteiger partial charge in [0.15, 0.2) is 9.84 Å². The van der Waals surface area contributed by atoms with Crippen molar-refractivity contribution in [2.75, 3.05) is 11.5 Å². The predicted octanol–water partition coefficient (Wildman–Crippen LogP) is 1.49. The van der Waals surface area contributed by atoms with Gasteiger partial charge in [-0.1, -0.05) is 26.0 Å². The lowest BCUT2D eigenvalue weighted by Crippen LogP contribution is -2.40. The van der Waals surface area contributed by atoms with Gasteiger partial charge in [-0.2, -0.15) is 0 Å². The molecule has 0 bridgehead atoms. The smallest absolute Gasteiger partial charge is 0.229 e. The highest BCUT2D eigenvalue weighted by molar-refractivity contribution is 7.92. The second kappa shape index (κ2) is 5.87. The van der Waals surface area contributed by atoms with Gasteiger partial charge in [0.05, 0.1) is 27.8 Å². The van der Waals surface area contributed by atoms with Crippen LogP contribution in [0.1, 0.15) is 25.3 Å². The highest BCUT2D eigenvalue weighted by Crippen LogP contribution is 2.21. The van der Waals surface area contributed by atoms with Gasteiger partial charge < -0.3 is 0 Å². The Kier molecular flexibility index (Phi) is 4.68. The van der Waals surface area contributed by atoms with Crippen LogP contribution in [0.5, 0.6) is 0 Å². The van der Waals surface area contributed by atoms with Gasteiger partial charge in [0.2, 0.25) is 10.0 Å². The van der Waals surface area contributed by atoms with E-state index in [2.05, 4.69) is 4.72 Å². The van der Waals surface area contributed by atoms with E-state index in [9.17, 15) is 16.8 Å². The lowest BCUT2D eigenvalue weighted by molar-refractivity contribution is 0.563. The first-order chi connectivity index (χ1) is 9.61. The quantitative estimate of drug-likeness (QED) is 0.833. The third kappa shape index (κ3) is 3.97. The normalized spacial score (nSPS) is 25.3. The molecule has 1 aliphatic rings. The summed E-state index contributed by atoms with van der Waals surface area (Å²) >= 11 is 5.92. The summed E-state index contributed by atoms with van der Waals surface area (Å²) in [5, 5.41) is -0.736. The molecule has 0 aromatic heterocycles. The van der Waals surface area contributed by atoms with Gasteiger partial charge in [0, 0.05) is 0 Å². The second-order valence-electron chi connectivity index (χ2n) is 5.54. The summed E-state index contributed by atoms with van der Waals surface area (Å²) in [6, 6.07) is 5.76. The van der Waals surface area contributed by atoms with Gasteiger partial charge in [-0.25, -0.2) is 21.6 Å². The van der Waals surface area contributed by atoms with Crippen molar-refractivity contribution < 1.29 is 16.8 Å². The van der Waals surface area contributed by atoms with Crippen LogP contribution < -0.4 is 4.72 Å². The molecule has 1 N–H and O–H groups in total. The minimum absolute atomic E-state index is 0.111. The van der Waals surface area contributed by atoms with E-state index in [-0.39, 0.29) is 16.4 Å². The maximum absolute atomic E-state index is 12.3. The van der Waals surface area contributed by atoms with Crippen molar-refractivity contribution in [3.8, 4) is 0 Å². The van der Waals surface area contributed by atoms with Crippen LogP contribution in [0, 0.1) is 0 Å². The molecule has 1 saturated heterocycles. The number of rotatable bonds is 4. The maximum Gasteiger partial charge on any atom is 0.240 e. The van der Waals surface area contributed by atoms with Crippen molar-refractivity contribution in [2.24, 2.45) is 0 Å². The van der Waals surface area contributed by atoms with E-state index in [1.807, 2.05) is 13.8 Å². The fourth-order valence-electron chi connectivity index (χ4n) is 2.21. The van der Waals surface area contributed by atoms with E-state index >= 15 is 0 Å². The van der Waals surface area contributed by atoms with E-state index in [4.69, 9.17) is 11.6 Å². The molecule has 118 valence electrons. The monoisotopic (exact) mass is 351 g/mol. The average molecular weight is 352 g/mol. The van der Waals surface area contributed by atoms with Crippen LogP contribution >= 0.6 is 11.6 Å². The molecule has 1 fully saturated rings. The molecular formula is C13H18ClNO4S2. The minimum Gasteiger partial charge on any atom is -0.229 e. The first kappa shape index (κ1) is 16.7. The lowest BCUT2D eigenvalue weighted by Gasteiger charge is -2.15. The Bertz CT molecular complexity index is 711. The van der Waals surface area contributed by atoms with Gasteiger partial charge in [-0.05, 0) is 23.6 Å². The number of halogens is 1. The van der Waals surface area contributed by atoms with Crippen molar-refractivity contribution in [3.63, 3.8) is 0 Å². The largest absolute Gasteiger partial charge is 0.240 e. The summed E-state index contributed by atoms with van der Waals surface area (Å²) in [6.07, 6.45) is 0. The Morgan fingerprint density at radius 2 is 1.76 bits per heavy atom. The fourth-order valence-corrected chi connectivity index (χ4v) is 6.22. The van der Waals surface area contributed by atoms with Crippen molar-refractivity contribution in [2.45, 2.75) is 36.1 Å². The van der Waals surface area contributed by atoms with E-state index < -0.39 is 31.3 Å². The summed E-state index contributed by atoms with van der Waals surface area (Å²) in [7, 11) is -7.04. The summed E-state index contributed by atoms with van der Waals surface area (Å²) in [5.74, 6) is -0.152. The summed E-state index contributed by atoms with van der Waals surface area (Å²) in [4.78, 5) is 0.111. The van der Waals surface area contributed by atoms with Crippen LogP contribution in [0.2, 0.25) is 0 Å². The van der Waals surface area contributed by atoms with Crippen LogP contribution in [-0.2, 0) is 19.9 Å². The highest BCUT2D eigenvalue weighted by atomic mass is 35.5. The number of benzene rings is 1. The summed E-state index contributed by atoms with van der Waals surface area (Å²) < 4.78 is 49.9. The third-order valence-electron chi connectivity index (χ3n) is 3.45. The van der Waals surface area contributed by atoms with E-state index in [0.717, 1.165) is 5.56 Å². The summed E-state index contributed by atoms with van der Waals surface area (Å²) in [6.45, 7) is 4.03. The van der Waals surface area contributed by atoms with Gasteiger partial charge in [-0.15, -0.1) is 11.6 Å². The standard InChI is InChI=1S/C13H18ClNO4S2/c1-9(2)10-3-5-11(6-4-10)21(18,19)15-13-8-20(16,17)7-12(13)14/h3-6,9,12-13,15H,7-8H2,1-2H3/t12-,13-/m0/s1. The van der Waals surface area contributed by atoms with Crippen LogP contribution in [0.4, 0.5) is 0 Å². The zero-order valence-corrected chi connectivity index (χ0v) is 14.2.